The van der Waals surface area contributed by atoms with Crippen LogP contribution in [0.3, 0.4) is 0 Å². The summed E-state index contributed by atoms with van der Waals surface area (Å²) in [7, 11) is 0. The van der Waals surface area contributed by atoms with Gasteiger partial charge in [0.25, 0.3) is 5.91 Å². The van der Waals surface area contributed by atoms with Crippen molar-refractivity contribution in [3.63, 3.8) is 0 Å². The number of benzene rings is 1. The Hall–Kier alpha value is -1.88. The third kappa shape index (κ3) is 1.69. The van der Waals surface area contributed by atoms with E-state index in [1.807, 2.05) is 29.7 Å². The number of nitrogens with zero attached hydrogens (tertiary/aromatic N) is 1. The van der Waals surface area contributed by atoms with Gasteiger partial charge in [0.1, 0.15) is 6.54 Å². The van der Waals surface area contributed by atoms with E-state index in [4.69, 9.17) is 5.84 Å². The summed E-state index contributed by atoms with van der Waals surface area (Å²) in [6, 6.07) is 7.42. The lowest BCUT2D eigenvalue weighted by Gasteiger charge is -2.15. The van der Waals surface area contributed by atoms with E-state index in [9.17, 15) is 9.59 Å². The number of fused-ring (bicyclic) bond motifs is 1. The molecule has 0 saturated heterocycles. The van der Waals surface area contributed by atoms with Crippen molar-refractivity contribution in [2.24, 2.45) is 5.84 Å². The van der Waals surface area contributed by atoms with Crippen LogP contribution in [-0.2, 0) is 16.0 Å². The van der Waals surface area contributed by atoms with E-state index < -0.39 is 0 Å². The Morgan fingerprint density at radius 1 is 1.47 bits per heavy atom. The minimum Gasteiger partial charge on any atom is -0.302 e. The summed E-state index contributed by atoms with van der Waals surface area (Å²) in [4.78, 5) is 24.1. The van der Waals surface area contributed by atoms with Gasteiger partial charge in [0, 0.05) is 5.69 Å². The highest BCUT2D eigenvalue weighted by atomic mass is 16.2. The molecule has 0 unspecified atom stereocenters. The monoisotopic (exact) mass is 205 g/mol. The van der Waals surface area contributed by atoms with Crippen molar-refractivity contribution in [2.45, 2.75) is 6.42 Å². The lowest BCUT2D eigenvalue weighted by atomic mass is 10.2. The van der Waals surface area contributed by atoms with Gasteiger partial charge in [-0.15, -0.1) is 0 Å². The third-order valence-corrected chi connectivity index (χ3v) is 2.39. The Morgan fingerprint density at radius 3 is 2.93 bits per heavy atom. The smallest absolute Gasteiger partial charge is 0.253 e. The van der Waals surface area contributed by atoms with Crippen LogP contribution in [0, 0.1) is 0 Å². The van der Waals surface area contributed by atoms with Crippen LogP contribution in [0.25, 0.3) is 0 Å². The molecule has 1 aliphatic heterocycles. The molecule has 2 amide bonds. The zero-order valence-electron chi connectivity index (χ0n) is 8.06. The van der Waals surface area contributed by atoms with E-state index >= 15 is 0 Å². The average Bonchev–Trinajstić information content (AvgIpc) is 2.55. The largest absolute Gasteiger partial charge is 0.302 e. The summed E-state index contributed by atoms with van der Waals surface area (Å²) < 4.78 is 0. The molecule has 5 nitrogen and oxygen atoms in total. The quantitative estimate of drug-likeness (QED) is 0.390. The average molecular weight is 205 g/mol. The van der Waals surface area contributed by atoms with Crippen molar-refractivity contribution < 1.29 is 9.59 Å². The number of hydrogen-bond acceptors (Lipinski definition) is 3. The molecule has 0 bridgehead atoms. The Kier molecular flexibility index (Phi) is 2.39. The Labute approximate surface area is 86.8 Å². The minimum atomic E-state index is -0.375. The van der Waals surface area contributed by atoms with Crippen molar-refractivity contribution in [2.75, 3.05) is 11.4 Å². The fourth-order valence-electron chi connectivity index (χ4n) is 1.68. The van der Waals surface area contributed by atoms with Gasteiger partial charge < -0.3 is 4.90 Å². The first-order valence-electron chi connectivity index (χ1n) is 4.60. The zero-order valence-corrected chi connectivity index (χ0v) is 8.06. The second kappa shape index (κ2) is 3.70. The summed E-state index contributed by atoms with van der Waals surface area (Å²) in [5.41, 5.74) is 3.76. The van der Waals surface area contributed by atoms with Crippen molar-refractivity contribution in [3.8, 4) is 0 Å². The molecule has 0 atom stereocenters. The maximum absolute atomic E-state index is 11.6. The first-order chi connectivity index (χ1) is 7.22. The second-order valence-corrected chi connectivity index (χ2v) is 3.35. The number of amides is 2. The van der Waals surface area contributed by atoms with Crippen LogP contribution >= 0.6 is 0 Å². The van der Waals surface area contributed by atoms with Gasteiger partial charge in [-0.1, -0.05) is 18.2 Å². The third-order valence-electron chi connectivity index (χ3n) is 2.39. The van der Waals surface area contributed by atoms with E-state index in [2.05, 4.69) is 0 Å². The molecule has 1 aromatic rings. The minimum absolute atomic E-state index is 0.0215. The molecule has 0 aromatic heterocycles. The van der Waals surface area contributed by atoms with Gasteiger partial charge in [-0.2, -0.15) is 0 Å². The molecule has 0 aliphatic carbocycles. The number of rotatable bonds is 2. The highest BCUT2D eigenvalue weighted by Gasteiger charge is 2.27. The van der Waals surface area contributed by atoms with Gasteiger partial charge in [0.15, 0.2) is 0 Å². The molecule has 2 rings (SSSR count). The molecule has 0 saturated carbocycles. The molecule has 0 fully saturated rings. The number of hydrogen-bond donors (Lipinski definition) is 2. The zero-order chi connectivity index (χ0) is 10.8. The molecule has 0 radical (unpaired) electrons. The highest BCUT2D eigenvalue weighted by molar-refractivity contribution is 6.04. The number of carbonyl (C=O) groups is 2. The number of nitrogens with one attached hydrogen (secondary N) is 1. The fourth-order valence-corrected chi connectivity index (χ4v) is 1.68. The first-order valence-corrected chi connectivity index (χ1v) is 4.60. The maximum Gasteiger partial charge on any atom is 0.253 e. The predicted molar refractivity (Wildman–Crippen MR) is 54.8 cm³/mol. The van der Waals surface area contributed by atoms with E-state index in [0.717, 1.165) is 11.3 Å². The molecule has 78 valence electrons. The highest BCUT2D eigenvalue weighted by Crippen LogP contribution is 2.27. The van der Waals surface area contributed by atoms with Crippen LogP contribution < -0.4 is 16.2 Å². The molecular weight excluding hydrogens is 194 g/mol. The van der Waals surface area contributed by atoms with Gasteiger partial charge in [0.2, 0.25) is 5.91 Å². The standard InChI is InChI=1S/C10H11N3O2/c11-12-9(14)6-13-8-4-2-1-3-7(8)5-10(13)15/h1-4H,5-6,11H2,(H,12,14). The summed E-state index contributed by atoms with van der Waals surface area (Å²) in [6.45, 7) is -0.0215. The van der Waals surface area contributed by atoms with Crippen LogP contribution in [-0.4, -0.2) is 18.4 Å². The Bertz CT molecular complexity index is 417. The first kappa shape index (κ1) is 9.67. The van der Waals surface area contributed by atoms with Gasteiger partial charge in [-0.3, -0.25) is 15.0 Å². The summed E-state index contributed by atoms with van der Waals surface area (Å²) in [5.74, 6) is 4.53. The number of hydrazine groups is 1. The normalized spacial score (nSPS) is 13.9. The van der Waals surface area contributed by atoms with Crippen LogP contribution in [0.4, 0.5) is 5.69 Å². The summed E-state index contributed by atoms with van der Waals surface area (Å²) in [5, 5.41) is 0. The van der Waals surface area contributed by atoms with E-state index in [0.29, 0.717) is 6.42 Å². The maximum atomic E-state index is 11.6. The SMILES string of the molecule is NNC(=O)CN1C(=O)Cc2ccccc21. The molecular formula is C10H11N3O2. The lowest BCUT2D eigenvalue weighted by Crippen LogP contribution is -2.41. The van der Waals surface area contributed by atoms with Gasteiger partial charge in [-0.25, -0.2) is 5.84 Å². The molecule has 1 aliphatic rings. The van der Waals surface area contributed by atoms with Gasteiger partial charge >= 0.3 is 0 Å². The lowest BCUT2D eigenvalue weighted by molar-refractivity contribution is -0.123. The Morgan fingerprint density at radius 2 is 2.20 bits per heavy atom. The number of para-hydroxylation sites is 1. The van der Waals surface area contributed by atoms with Crippen LogP contribution in [0.15, 0.2) is 24.3 Å². The van der Waals surface area contributed by atoms with Crippen molar-refractivity contribution in [1.82, 2.24) is 5.43 Å². The van der Waals surface area contributed by atoms with Crippen LogP contribution in [0.5, 0.6) is 0 Å². The summed E-state index contributed by atoms with van der Waals surface area (Å²) in [6.07, 6.45) is 0.355. The van der Waals surface area contributed by atoms with Crippen LogP contribution in [0.2, 0.25) is 0 Å². The number of nitrogens with two attached hydrogens (primary N) is 1. The van der Waals surface area contributed by atoms with Crippen molar-refractivity contribution in [3.05, 3.63) is 29.8 Å². The van der Waals surface area contributed by atoms with E-state index in [1.165, 1.54) is 4.90 Å². The fraction of sp³-hybridized carbons (Fsp3) is 0.200. The predicted octanol–water partition coefficient (Wildman–Crippen LogP) is -0.434. The molecule has 5 heteroatoms. The second-order valence-electron chi connectivity index (χ2n) is 3.35. The molecule has 3 N–H and O–H groups in total. The van der Waals surface area contributed by atoms with Gasteiger partial charge in [-0.05, 0) is 11.6 Å². The van der Waals surface area contributed by atoms with Crippen molar-refractivity contribution in [1.29, 1.82) is 0 Å². The molecule has 15 heavy (non-hydrogen) atoms. The number of anilines is 1. The molecule has 0 spiro atoms. The molecule has 1 aromatic carbocycles. The van der Waals surface area contributed by atoms with E-state index in [1.54, 1.807) is 0 Å². The van der Waals surface area contributed by atoms with Crippen molar-refractivity contribution >= 4 is 17.5 Å². The van der Waals surface area contributed by atoms with Crippen LogP contribution in [0.1, 0.15) is 5.56 Å². The molecule has 1 heterocycles. The summed E-state index contributed by atoms with van der Waals surface area (Å²) >= 11 is 0. The topological polar surface area (TPSA) is 75.4 Å². The van der Waals surface area contributed by atoms with E-state index in [-0.39, 0.29) is 18.4 Å². The Balaban J connectivity index is 2.26. The van der Waals surface area contributed by atoms with Gasteiger partial charge in [0.05, 0.1) is 6.42 Å². The number of carbonyl (C=O) groups excluding carboxylic acids is 2.